The van der Waals surface area contributed by atoms with Gasteiger partial charge in [-0.2, -0.15) is 0 Å². The lowest BCUT2D eigenvalue weighted by Gasteiger charge is -2.44. The van der Waals surface area contributed by atoms with Gasteiger partial charge in [0.25, 0.3) is 0 Å². The van der Waals surface area contributed by atoms with Crippen LogP contribution in [-0.4, -0.2) is 22.6 Å². The Kier molecular flexibility index (Phi) is 8.46. The highest BCUT2D eigenvalue weighted by Gasteiger charge is 2.47. The standard InChI is InChI=1S/C55H42N4Si/c1-55(2)45-30-13-15-33-48(45)59(51-34-17-19-36-57-51)49-38-50(52-44-29-12-14-32-47(44)58(54(52)53(49)55)40-22-6-3-7-23-40)60(41-24-8-4-9-25-41,42-26-10-5-11-27-42)43-28-20-21-39(37-43)46-31-16-18-35-56-46/h3-38H,1-2H3. The smallest absolute Gasteiger partial charge is 0.180 e. The fourth-order valence-corrected chi connectivity index (χ4v) is 15.1. The minimum atomic E-state index is -3.25. The minimum absolute atomic E-state index is 0.391. The van der Waals surface area contributed by atoms with Crippen molar-refractivity contribution in [2.45, 2.75) is 19.3 Å². The monoisotopic (exact) mass is 786 g/mol. The molecule has 0 unspecified atom stereocenters. The van der Waals surface area contributed by atoms with E-state index in [-0.39, 0.29) is 0 Å². The molecule has 11 rings (SSSR count). The molecule has 1 aliphatic rings. The van der Waals surface area contributed by atoms with Crippen molar-refractivity contribution in [3.8, 4) is 16.9 Å². The SMILES string of the molecule is CC1(C)c2ccccc2N(c2ccccn2)c2cc([Si](c3ccccc3)(c3ccccc3)c3cccc(-c4ccccn4)c3)c3c4ccccc4n(-c4ccccc4)c3c21. The maximum atomic E-state index is 5.09. The zero-order valence-electron chi connectivity index (χ0n) is 33.6. The van der Waals surface area contributed by atoms with E-state index in [2.05, 4.69) is 217 Å². The van der Waals surface area contributed by atoms with E-state index in [1.165, 1.54) is 53.7 Å². The third-order valence-electron chi connectivity index (χ3n) is 12.6. The van der Waals surface area contributed by atoms with Crippen LogP contribution in [0.3, 0.4) is 0 Å². The second-order valence-corrected chi connectivity index (χ2v) is 19.9. The molecule has 0 fully saturated rings. The molecule has 0 spiro atoms. The summed E-state index contributed by atoms with van der Waals surface area (Å²) < 4.78 is 2.54. The van der Waals surface area contributed by atoms with E-state index >= 15 is 0 Å². The number of hydrogen-bond donors (Lipinski definition) is 0. The van der Waals surface area contributed by atoms with Gasteiger partial charge in [0, 0.05) is 45.4 Å². The van der Waals surface area contributed by atoms with Gasteiger partial charge in [-0.25, -0.2) is 4.98 Å². The second kappa shape index (κ2) is 14.2. The Bertz CT molecular complexity index is 3120. The molecule has 4 heterocycles. The Labute approximate surface area is 351 Å². The van der Waals surface area contributed by atoms with Crippen molar-refractivity contribution in [1.29, 1.82) is 0 Å². The Hall–Kier alpha value is -7.34. The van der Waals surface area contributed by atoms with Crippen molar-refractivity contribution in [2.75, 3.05) is 4.90 Å². The molecule has 60 heavy (non-hydrogen) atoms. The highest BCUT2D eigenvalue weighted by Crippen LogP contribution is 2.54. The number of benzene rings is 7. The first-order valence-electron chi connectivity index (χ1n) is 20.7. The largest absolute Gasteiger partial charge is 0.309 e. The number of pyridine rings is 2. The molecule has 10 aromatic rings. The topological polar surface area (TPSA) is 34.0 Å². The van der Waals surface area contributed by atoms with Crippen LogP contribution in [0.2, 0.25) is 0 Å². The molecular formula is C55H42N4Si. The molecule has 0 amide bonds. The average molecular weight is 787 g/mol. The van der Waals surface area contributed by atoms with Gasteiger partial charge in [0.15, 0.2) is 8.07 Å². The third kappa shape index (κ3) is 5.36. The van der Waals surface area contributed by atoms with Crippen molar-refractivity contribution in [2.24, 2.45) is 0 Å². The van der Waals surface area contributed by atoms with Crippen LogP contribution in [0.1, 0.15) is 25.0 Å². The summed E-state index contributed by atoms with van der Waals surface area (Å²) in [6.07, 6.45) is 3.80. The van der Waals surface area contributed by atoms with Gasteiger partial charge < -0.3 is 4.57 Å². The van der Waals surface area contributed by atoms with E-state index in [4.69, 9.17) is 9.97 Å². The maximum absolute atomic E-state index is 5.09. The summed E-state index contributed by atoms with van der Waals surface area (Å²) in [4.78, 5) is 12.4. The Morgan fingerprint density at radius 3 is 1.82 bits per heavy atom. The van der Waals surface area contributed by atoms with Crippen molar-refractivity contribution in [3.05, 3.63) is 230 Å². The van der Waals surface area contributed by atoms with Crippen LogP contribution in [0.4, 0.5) is 17.2 Å². The number of hydrogen-bond acceptors (Lipinski definition) is 3. The molecule has 5 heteroatoms. The Balaban J connectivity index is 1.41. The molecule has 0 atom stereocenters. The molecule has 0 radical (unpaired) electrons. The van der Waals surface area contributed by atoms with Crippen LogP contribution >= 0.6 is 0 Å². The summed E-state index contributed by atoms with van der Waals surface area (Å²) in [6, 6.07) is 75.7. The lowest BCUT2D eigenvalue weighted by atomic mass is 9.72. The molecule has 3 aromatic heterocycles. The van der Waals surface area contributed by atoms with E-state index in [0.29, 0.717) is 0 Å². The molecule has 0 N–H and O–H groups in total. The highest BCUT2D eigenvalue weighted by molar-refractivity contribution is 7.21. The molecule has 0 bridgehead atoms. The van der Waals surface area contributed by atoms with E-state index in [1.807, 2.05) is 24.5 Å². The summed E-state index contributed by atoms with van der Waals surface area (Å²) in [5.41, 5.74) is 10.0. The van der Waals surface area contributed by atoms with Crippen molar-refractivity contribution in [3.63, 3.8) is 0 Å². The van der Waals surface area contributed by atoms with Crippen LogP contribution in [0, 0.1) is 0 Å². The van der Waals surface area contributed by atoms with Crippen LogP contribution in [-0.2, 0) is 5.41 Å². The maximum Gasteiger partial charge on any atom is 0.180 e. The van der Waals surface area contributed by atoms with Gasteiger partial charge in [-0.15, -0.1) is 0 Å². The van der Waals surface area contributed by atoms with E-state index in [1.54, 1.807) is 0 Å². The van der Waals surface area contributed by atoms with E-state index in [0.717, 1.165) is 34.1 Å². The van der Waals surface area contributed by atoms with E-state index < -0.39 is 13.5 Å². The molecule has 286 valence electrons. The fraction of sp³-hybridized carbons (Fsp3) is 0.0545. The lowest BCUT2D eigenvalue weighted by molar-refractivity contribution is 0.635. The minimum Gasteiger partial charge on any atom is -0.309 e. The fourth-order valence-electron chi connectivity index (χ4n) is 10.1. The first-order valence-corrected chi connectivity index (χ1v) is 22.7. The van der Waals surface area contributed by atoms with Crippen LogP contribution in [0.25, 0.3) is 38.8 Å². The van der Waals surface area contributed by atoms with Gasteiger partial charge in [-0.1, -0.05) is 166 Å². The first kappa shape index (κ1) is 35.8. The average Bonchev–Trinajstić information content (AvgIpc) is 3.66. The number of fused-ring (bicyclic) bond motifs is 6. The molecule has 7 aromatic carbocycles. The number of anilines is 3. The predicted octanol–water partition coefficient (Wildman–Crippen LogP) is 10.7. The Morgan fingerprint density at radius 2 is 1.12 bits per heavy atom. The van der Waals surface area contributed by atoms with Crippen LogP contribution in [0.15, 0.2) is 219 Å². The van der Waals surface area contributed by atoms with Crippen molar-refractivity contribution in [1.82, 2.24) is 14.5 Å². The quantitative estimate of drug-likeness (QED) is 0.119. The molecule has 4 nitrogen and oxygen atoms in total. The summed E-state index contributed by atoms with van der Waals surface area (Å²) in [6.45, 7) is 4.81. The van der Waals surface area contributed by atoms with Gasteiger partial charge >= 0.3 is 0 Å². The third-order valence-corrected chi connectivity index (χ3v) is 17.3. The van der Waals surface area contributed by atoms with Gasteiger partial charge in [0.1, 0.15) is 5.82 Å². The number of para-hydroxylation sites is 3. The molecule has 1 aliphatic heterocycles. The number of rotatable bonds is 7. The van der Waals surface area contributed by atoms with Gasteiger partial charge in [-0.05, 0) is 80.9 Å². The molecule has 0 saturated carbocycles. The number of aromatic nitrogens is 3. The van der Waals surface area contributed by atoms with Gasteiger partial charge in [-0.3, -0.25) is 9.88 Å². The molecule has 0 saturated heterocycles. The summed E-state index contributed by atoms with van der Waals surface area (Å²) in [5, 5.41) is 7.76. The van der Waals surface area contributed by atoms with Crippen molar-refractivity contribution >= 4 is 67.8 Å². The molecular weight excluding hydrogens is 745 g/mol. The van der Waals surface area contributed by atoms with Crippen molar-refractivity contribution < 1.29 is 0 Å². The number of nitrogens with zero attached hydrogens (tertiary/aromatic N) is 4. The van der Waals surface area contributed by atoms with E-state index in [9.17, 15) is 0 Å². The Morgan fingerprint density at radius 1 is 0.500 bits per heavy atom. The van der Waals surface area contributed by atoms with Crippen LogP contribution in [0.5, 0.6) is 0 Å². The molecule has 0 aliphatic carbocycles. The summed E-state index contributed by atoms with van der Waals surface area (Å²) in [5.74, 6) is 0.887. The normalized spacial score (nSPS) is 13.3. The second-order valence-electron chi connectivity index (χ2n) is 16.2. The predicted molar refractivity (Wildman–Crippen MR) is 252 cm³/mol. The summed E-state index contributed by atoms with van der Waals surface area (Å²) >= 11 is 0. The highest BCUT2D eigenvalue weighted by atomic mass is 28.3. The van der Waals surface area contributed by atoms with Gasteiger partial charge in [0.05, 0.1) is 28.1 Å². The zero-order chi connectivity index (χ0) is 40.3. The zero-order valence-corrected chi connectivity index (χ0v) is 34.6. The summed E-state index contributed by atoms with van der Waals surface area (Å²) in [7, 11) is -3.25. The van der Waals surface area contributed by atoms with Gasteiger partial charge in [0.2, 0.25) is 0 Å². The first-order chi connectivity index (χ1) is 29.6. The van der Waals surface area contributed by atoms with Crippen LogP contribution < -0.4 is 25.6 Å². The lowest BCUT2D eigenvalue weighted by Crippen LogP contribution is -2.75.